The predicted molar refractivity (Wildman–Crippen MR) is 227 cm³/mol. The number of nitrogens with one attached hydrogen (secondary N) is 1. The average Bonchev–Trinajstić information content (AvgIpc) is 3.27. The second-order valence-electron chi connectivity index (χ2n) is 13.9. The van der Waals surface area contributed by atoms with Crippen molar-refractivity contribution in [2.75, 3.05) is 91.5 Å². The highest BCUT2D eigenvalue weighted by Crippen LogP contribution is 2.29. The number of aromatic nitrogens is 2. The number of rotatable bonds is 23. The number of esters is 2. The largest absolute Gasteiger partial charge is 0.464 e. The SMILES string of the molecule is COC(=O)c1cccc(CN(CCO)CCOCCOCCN(CCO)C(C(=O)NCCC(=O)N2Cc3ccccc3/C=C\c3ccccc32)c2cccc(C(=O)OC)n2)n1. The number of anilines is 1. The molecule has 16 heteroatoms. The Labute approximate surface area is 355 Å². The quantitative estimate of drug-likeness (QED) is 0.0729. The Hall–Kier alpha value is -5.88. The van der Waals surface area contributed by atoms with Crippen molar-refractivity contribution in [1.82, 2.24) is 25.1 Å². The fourth-order valence-electron chi connectivity index (χ4n) is 6.83. The normalized spacial score (nSPS) is 13.1. The summed E-state index contributed by atoms with van der Waals surface area (Å²) in [6.45, 7) is 2.63. The highest BCUT2D eigenvalue weighted by Gasteiger charge is 2.30. The molecule has 61 heavy (non-hydrogen) atoms. The summed E-state index contributed by atoms with van der Waals surface area (Å²) >= 11 is 0. The molecule has 3 heterocycles. The Balaban J connectivity index is 1.17. The topological polar surface area (TPSA) is 193 Å². The molecular formula is C45H54N6O10. The lowest BCUT2D eigenvalue weighted by Crippen LogP contribution is -2.44. The predicted octanol–water partition coefficient (Wildman–Crippen LogP) is 3.14. The second-order valence-corrected chi connectivity index (χ2v) is 13.9. The highest BCUT2D eigenvalue weighted by molar-refractivity contribution is 5.97. The molecule has 0 bridgehead atoms. The molecule has 2 amide bonds. The molecule has 1 atom stereocenters. The molecule has 0 saturated heterocycles. The minimum absolute atomic E-state index is 0.00858. The number of amides is 2. The van der Waals surface area contributed by atoms with Gasteiger partial charge in [-0.15, -0.1) is 0 Å². The van der Waals surface area contributed by atoms with E-state index in [1.54, 1.807) is 40.1 Å². The van der Waals surface area contributed by atoms with E-state index in [1.165, 1.54) is 20.3 Å². The van der Waals surface area contributed by atoms with Crippen molar-refractivity contribution >= 4 is 41.6 Å². The number of aliphatic hydroxyl groups is 2. The van der Waals surface area contributed by atoms with Crippen LogP contribution in [0.2, 0.25) is 0 Å². The van der Waals surface area contributed by atoms with E-state index in [0.29, 0.717) is 38.5 Å². The van der Waals surface area contributed by atoms with E-state index in [4.69, 9.17) is 18.9 Å². The first-order chi connectivity index (χ1) is 29.8. The Morgan fingerprint density at radius 2 is 1.36 bits per heavy atom. The fourth-order valence-corrected chi connectivity index (χ4v) is 6.83. The number of carbonyl (C=O) groups excluding carboxylic acids is 4. The second kappa shape index (κ2) is 24.4. The summed E-state index contributed by atoms with van der Waals surface area (Å²) in [5.41, 5.74) is 4.81. The van der Waals surface area contributed by atoms with E-state index in [9.17, 15) is 29.4 Å². The summed E-state index contributed by atoms with van der Waals surface area (Å²) in [5.74, 6) is -1.84. The number of aliphatic hydroxyl groups excluding tert-OH is 2. The van der Waals surface area contributed by atoms with Crippen LogP contribution in [0.25, 0.3) is 12.2 Å². The van der Waals surface area contributed by atoms with E-state index in [-0.39, 0.29) is 82.1 Å². The number of benzene rings is 2. The molecule has 4 aromatic rings. The number of pyridine rings is 2. The van der Waals surface area contributed by atoms with E-state index >= 15 is 0 Å². The van der Waals surface area contributed by atoms with Crippen LogP contribution >= 0.6 is 0 Å². The van der Waals surface area contributed by atoms with Gasteiger partial charge in [0.05, 0.1) is 77.5 Å². The summed E-state index contributed by atoms with van der Waals surface area (Å²) in [6, 6.07) is 24.3. The van der Waals surface area contributed by atoms with Crippen molar-refractivity contribution in [3.63, 3.8) is 0 Å². The van der Waals surface area contributed by atoms with Gasteiger partial charge in [0.1, 0.15) is 17.4 Å². The minimum Gasteiger partial charge on any atom is -0.464 e. The molecule has 3 N–H and O–H groups in total. The zero-order valence-corrected chi connectivity index (χ0v) is 34.6. The molecule has 2 aromatic heterocycles. The van der Waals surface area contributed by atoms with Crippen LogP contribution < -0.4 is 10.2 Å². The summed E-state index contributed by atoms with van der Waals surface area (Å²) in [5, 5.41) is 22.6. The Morgan fingerprint density at radius 1 is 0.721 bits per heavy atom. The molecule has 1 aliphatic rings. The van der Waals surface area contributed by atoms with E-state index in [0.717, 1.165) is 22.4 Å². The van der Waals surface area contributed by atoms with Gasteiger partial charge in [-0.1, -0.05) is 66.7 Å². The molecule has 0 spiro atoms. The number of hydrogen-bond acceptors (Lipinski definition) is 14. The lowest BCUT2D eigenvalue weighted by molar-refractivity contribution is -0.127. The minimum atomic E-state index is -1.05. The number of methoxy groups -OCH3 is 2. The third kappa shape index (κ3) is 13.6. The summed E-state index contributed by atoms with van der Waals surface area (Å²) < 4.78 is 21.3. The maximum atomic E-state index is 14.1. The summed E-state index contributed by atoms with van der Waals surface area (Å²) in [6.07, 6.45) is 4.05. The first-order valence-corrected chi connectivity index (χ1v) is 20.1. The third-order valence-electron chi connectivity index (χ3n) is 9.89. The lowest BCUT2D eigenvalue weighted by Gasteiger charge is -2.30. The zero-order valence-electron chi connectivity index (χ0n) is 34.6. The Kier molecular flexibility index (Phi) is 18.5. The molecule has 324 valence electrons. The van der Waals surface area contributed by atoms with Gasteiger partial charge < -0.3 is 39.4 Å². The van der Waals surface area contributed by atoms with Gasteiger partial charge in [-0.05, 0) is 47.0 Å². The van der Waals surface area contributed by atoms with Crippen LogP contribution in [0.5, 0.6) is 0 Å². The molecule has 0 fully saturated rings. The fraction of sp³-hybridized carbons (Fsp3) is 0.378. The van der Waals surface area contributed by atoms with E-state index in [1.807, 2.05) is 65.6 Å². The Bertz CT molecular complexity index is 2100. The molecule has 0 aliphatic carbocycles. The molecule has 0 saturated carbocycles. The van der Waals surface area contributed by atoms with Gasteiger partial charge in [0.25, 0.3) is 0 Å². The maximum absolute atomic E-state index is 14.1. The van der Waals surface area contributed by atoms with Crippen molar-refractivity contribution < 1.29 is 48.3 Å². The molecule has 1 aliphatic heterocycles. The molecular weight excluding hydrogens is 785 g/mol. The van der Waals surface area contributed by atoms with Gasteiger partial charge in [0, 0.05) is 45.7 Å². The van der Waals surface area contributed by atoms with Crippen LogP contribution in [0.4, 0.5) is 5.69 Å². The average molecular weight is 839 g/mol. The monoisotopic (exact) mass is 838 g/mol. The van der Waals surface area contributed by atoms with Crippen LogP contribution in [0.3, 0.4) is 0 Å². The number of hydrogen-bond donors (Lipinski definition) is 3. The van der Waals surface area contributed by atoms with E-state index < -0.39 is 23.9 Å². The number of carbonyl (C=O) groups is 4. The number of fused-ring (bicyclic) bond motifs is 2. The molecule has 1 unspecified atom stereocenters. The lowest BCUT2D eigenvalue weighted by atomic mass is 10.0. The summed E-state index contributed by atoms with van der Waals surface area (Å²) in [4.78, 5) is 66.5. The van der Waals surface area contributed by atoms with Gasteiger partial charge in [0.2, 0.25) is 11.8 Å². The first-order valence-electron chi connectivity index (χ1n) is 20.1. The molecule has 5 rings (SSSR count). The molecule has 16 nitrogen and oxygen atoms in total. The van der Waals surface area contributed by atoms with Crippen molar-refractivity contribution in [3.8, 4) is 0 Å². The van der Waals surface area contributed by atoms with Crippen LogP contribution in [-0.4, -0.2) is 140 Å². The van der Waals surface area contributed by atoms with Crippen LogP contribution in [0.15, 0.2) is 84.9 Å². The van der Waals surface area contributed by atoms with Crippen LogP contribution in [0, 0.1) is 0 Å². The van der Waals surface area contributed by atoms with E-state index in [2.05, 4.69) is 15.3 Å². The van der Waals surface area contributed by atoms with Gasteiger partial charge in [0.15, 0.2) is 0 Å². The number of para-hydroxylation sites is 1. The van der Waals surface area contributed by atoms with Crippen molar-refractivity contribution in [3.05, 3.63) is 124 Å². The standard InChI is InChI=1S/C45H54N6O10/c1-58-44(56)38-14-7-12-36(47-38)32-49(21-25-52)23-27-60-29-30-61-28-24-50(22-26-53)42(37-13-8-15-39(48-37)45(57)59-2)43(55)46-20-19-41(54)51-31-35-11-4-3-9-33(35)17-18-34-10-5-6-16-40(34)51/h3-18,42,52-53H,19-32H2,1-2H3,(H,46,55)/b18-17-. The number of ether oxygens (including phenoxy) is 4. The van der Waals surface area contributed by atoms with Crippen molar-refractivity contribution in [2.24, 2.45) is 0 Å². The third-order valence-corrected chi connectivity index (χ3v) is 9.89. The first kappa shape index (κ1) is 46.2. The molecule has 0 radical (unpaired) electrons. The van der Waals surface area contributed by atoms with Crippen molar-refractivity contribution in [2.45, 2.75) is 25.6 Å². The number of nitrogens with zero attached hydrogens (tertiary/aromatic N) is 5. The summed E-state index contributed by atoms with van der Waals surface area (Å²) in [7, 11) is 2.54. The zero-order chi connectivity index (χ0) is 43.4. The van der Waals surface area contributed by atoms with Gasteiger partial charge >= 0.3 is 11.9 Å². The van der Waals surface area contributed by atoms with Gasteiger partial charge in [-0.2, -0.15) is 0 Å². The highest BCUT2D eigenvalue weighted by atomic mass is 16.5. The van der Waals surface area contributed by atoms with Gasteiger partial charge in [-0.25, -0.2) is 19.6 Å². The maximum Gasteiger partial charge on any atom is 0.356 e. The van der Waals surface area contributed by atoms with Crippen LogP contribution in [0.1, 0.15) is 61.5 Å². The Morgan fingerprint density at radius 3 is 2.08 bits per heavy atom. The van der Waals surface area contributed by atoms with Gasteiger partial charge in [-0.3, -0.25) is 19.4 Å². The van der Waals surface area contributed by atoms with Crippen molar-refractivity contribution in [1.29, 1.82) is 0 Å². The van der Waals surface area contributed by atoms with Crippen LogP contribution in [-0.2, 0) is 41.6 Å². The molecule has 2 aromatic carbocycles. The smallest absolute Gasteiger partial charge is 0.356 e.